The number of nitro groups is 1. The first kappa shape index (κ1) is 19.3. The van der Waals surface area contributed by atoms with Crippen molar-refractivity contribution in [3.05, 3.63) is 58.1 Å². The lowest BCUT2D eigenvalue weighted by atomic mass is 10.1. The Labute approximate surface area is 150 Å². The van der Waals surface area contributed by atoms with Crippen LogP contribution in [0.25, 0.3) is 0 Å². The van der Waals surface area contributed by atoms with Crippen LogP contribution in [-0.4, -0.2) is 44.8 Å². The van der Waals surface area contributed by atoms with E-state index in [2.05, 4.69) is 5.32 Å². The third kappa shape index (κ3) is 3.81. The Hall–Kier alpha value is -2.98. The summed E-state index contributed by atoms with van der Waals surface area (Å²) < 4.78 is 30.7. The number of nitrogens with zero attached hydrogens (tertiary/aromatic N) is 2. The first-order valence-corrected chi connectivity index (χ1v) is 8.78. The summed E-state index contributed by atoms with van der Waals surface area (Å²) in [5.74, 6) is -0.537. The molecular formula is C16H17N3O6S. The molecule has 1 amide bonds. The highest BCUT2D eigenvalue weighted by Crippen LogP contribution is 2.29. The van der Waals surface area contributed by atoms with Crippen molar-refractivity contribution in [2.75, 3.05) is 26.5 Å². The maximum absolute atomic E-state index is 12.5. The maximum atomic E-state index is 12.5. The minimum atomic E-state index is -3.73. The van der Waals surface area contributed by atoms with Crippen LogP contribution in [-0.2, 0) is 10.0 Å². The maximum Gasteiger partial charge on any atom is 0.282 e. The van der Waals surface area contributed by atoms with Gasteiger partial charge in [-0.2, -0.15) is 0 Å². The molecule has 26 heavy (non-hydrogen) atoms. The molecule has 0 aliphatic carbocycles. The van der Waals surface area contributed by atoms with E-state index in [1.807, 2.05) is 0 Å². The van der Waals surface area contributed by atoms with E-state index < -0.39 is 20.9 Å². The van der Waals surface area contributed by atoms with Gasteiger partial charge in [0.1, 0.15) is 11.3 Å². The van der Waals surface area contributed by atoms with Crippen LogP contribution in [0.5, 0.6) is 5.75 Å². The number of benzene rings is 2. The second-order valence-corrected chi connectivity index (χ2v) is 7.53. The summed E-state index contributed by atoms with van der Waals surface area (Å²) in [5, 5.41) is 13.6. The number of carbonyl (C=O) groups is 1. The van der Waals surface area contributed by atoms with Crippen LogP contribution < -0.4 is 10.1 Å². The number of hydrogen-bond acceptors (Lipinski definition) is 6. The quantitative estimate of drug-likeness (QED) is 0.606. The number of ether oxygens (including phenoxy) is 1. The molecule has 0 saturated heterocycles. The Morgan fingerprint density at radius 1 is 1.19 bits per heavy atom. The number of carbonyl (C=O) groups excluding carboxylic acids is 1. The van der Waals surface area contributed by atoms with Gasteiger partial charge in [-0.3, -0.25) is 14.9 Å². The molecule has 1 N–H and O–H groups in total. The van der Waals surface area contributed by atoms with Gasteiger partial charge in [0.2, 0.25) is 10.0 Å². The largest absolute Gasteiger partial charge is 0.495 e. The van der Waals surface area contributed by atoms with Crippen molar-refractivity contribution in [2.24, 2.45) is 0 Å². The van der Waals surface area contributed by atoms with Crippen LogP contribution in [0.4, 0.5) is 11.4 Å². The van der Waals surface area contributed by atoms with Crippen LogP contribution in [0.15, 0.2) is 47.4 Å². The Kier molecular flexibility index (Phi) is 5.58. The SMILES string of the molecule is COc1ccc(S(=O)(=O)N(C)C)cc1NC(=O)c1ccccc1[N+](=O)[O-]. The van der Waals surface area contributed by atoms with Gasteiger partial charge in [-0.25, -0.2) is 12.7 Å². The summed E-state index contributed by atoms with van der Waals surface area (Å²) in [6, 6.07) is 9.42. The number of methoxy groups -OCH3 is 1. The number of anilines is 1. The zero-order valence-electron chi connectivity index (χ0n) is 14.3. The number of amides is 1. The molecule has 0 atom stereocenters. The predicted octanol–water partition coefficient (Wildman–Crippen LogP) is 2.11. The molecule has 0 bridgehead atoms. The summed E-state index contributed by atoms with van der Waals surface area (Å²) in [6.07, 6.45) is 0. The number of para-hydroxylation sites is 1. The fourth-order valence-electron chi connectivity index (χ4n) is 2.17. The molecule has 2 rings (SSSR count). The third-order valence-corrected chi connectivity index (χ3v) is 5.35. The van der Waals surface area contributed by atoms with Crippen molar-refractivity contribution < 1.29 is 22.9 Å². The number of sulfonamides is 1. The van der Waals surface area contributed by atoms with Crippen LogP contribution in [0, 0.1) is 10.1 Å². The van der Waals surface area contributed by atoms with E-state index in [1.165, 1.54) is 63.7 Å². The zero-order valence-corrected chi connectivity index (χ0v) is 15.1. The number of rotatable bonds is 6. The molecule has 0 radical (unpaired) electrons. The molecule has 0 fully saturated rings. The molecule has 10 heteroatoms. The molecule has 9 nitrogen and oxygen atoms in total. The highest BCUT2D eigenvalue weighted by Gasteiger charge is 2.23. The normalized spacial score (nSPS) is 11.2. The van der Waals surface area contributed by atoms with E-state index in [9.17, 15) is 23.3 Å². The average molecular weight is 379 g/mol. The van der Waals surface area contributed by atoms with Crippen molar-refractivity contribution >= 4 is 27.3 Å². The third-order valence-electron chi connectivity index (χ3n) is 3.54. The van der Waals surface area contributed by atoms with E-state index in [-0.39, 0.29) is 27.6 Å². The van der Waals surface area contributed by atoms with Gasteiger partial charge in [-0.05, 0) is 24.3 Å². The predicted molar refractivity (Wildman–Crippen MR) is 94.9 cm³/mol. The summed E-state index contributed by atoms with van der Waals surface area (Å²) >= 11 is 0. The van der Waals surface area contributed by atoms with Crippen LogP contribution in [0.3, 0.4) is 0 Å². The molecule has 2 aromatic rings. The van der Waals surface area contributed by atoms with Crippen molar-refractivity contribution in [3.8, 4) is 5.75 Å². The monoisotopic (exact) mass is 379 g/mol. The second kappa shape index (κ2) is 7.50. The minimum Gasteiger partial charge on any atom is -0.495 e. The lowest BCUT2D eigenvalue weighted by molar-refractivity contribution is -0.385. The Balaban J connectivity index is 2.46. The summed E-state index contributed by atoms with van der Waals surface area (Å²) in [7, 11) is 0.389. The standard InChI is InChI=1S/C16H17N3O6S/c1-18(2)26(23,24)11-8-9-15(25-3)13(10-11)17-16(20)12-6-4-5-7-14(12)19(21)22/h4-10H,1-3H3,(H,17,20). The Morgan fingerprint density at radius 2 is 1.85 bits per heavy atom. The smallest absolute Gasteiger partial charge is 0.282 e. The Morgan fingerprint density at radius 3 is 2.42 bits per heavy atom. The molecular weight excluding hydrogens is 362 g/mol. The molecule has 0 unspecified atom stereocenters. The van der Waals surface area contributed by atoms with E-state index in [0.29, 0.717) is 0 Å². The van der Waals surface area contributed by atoms with Gasteiger partial charge < -0.3 is 10.1 Å². The fraction of sp³-hybridized carbons (Fsp3) is 0.188. The highest BCUT2D eigenvalue weighted by atomic mass is 32.2. The molecule has 138 valence electrons. The first-order chi connectivity index (χ1) is 12.2. The first-order valence-electron chi connectivity index (χ1n) is 7.34. The lowest BCUT2D eigenvalue weighted by Crippen LogP contribution is -2.22. The van der Waals surface area contributed by atoms with Gasteiger partial charge in [-0.1, -0.05) is 12.1 Å². The summed E-state index contributed by atoms with van der Waals surface area (Å²) in [5.41, 5.74) is -0.431. The van der Waals surface area contributed by atoms with Gasteiger partial charge in [0.05, 0.1) is 22.6 Å². The molecule has 0 aliphatic heterocycles. The van der Waals surface area contributed by atoms with Crippen LogP contribution in [0.2, 0.25) is 0 Å². The highest BCUT2D eigenvalue weighted by molar-refractivity contribution is 7.89. The van der Waals surface area contributed by atoms with Crippen molar-refractivity contribution in [1.29, 1.82) is 0 Å². The van der Waals surface area contributed by atoms with Gasteiger partial charge in [0.25, 0.3) is 11.6 Å². The number of nitrogens with one attached hydrogen (secondary N) is 1. The van der Waals surface area contributed by atoms with Gasteiger partial charge in [0.15, 0.2) is 0 Å². The summed E-state index contributed by atoms with van der Waals surface area (Å²) in [4.78, 5) is 22.8. The van der Waals surface area contributed by atoms with Crippen molar-refractivity contribution in [1.82, 2.24) is 4.31 Å². The Bertz CT molecular complexity index is 956. The summed E-state index contributed by atoms with van der Waals surface area (Å²) in [6.45, 7) is 0. The van der Waals surface area contributed by atoms with Crippen LogP contribution >= 0.6 is 0 Å². The number of hydrogen-bond donors (Lipinski definition) is 1. The van der Waals surface area contributed by atoms with E-state index in [4.69, 9.17) is 4.74 Å². The lowest BCUT2D eigenvalue weighted by Gasteiger charge is -2.15. The fourth-order valence-corrected chi connectivity index (χ4v) is 3.10. The number of nitro benzene ring substituents is 1. The van der Waals surface area contributed by atoms with Crippen molar-refractivity contribution in [3.63, 3.8) is 0 Å². The molecule has 0 aromatic heterocycles. The molecule has 0 spiro atoms. The molecule has 0 saturated carbocycles. The molecule has 0 aliphatic rings. The topological polar surface area (TPSA) is 119 Å². The second-order valence-electron chi connectivity index (χ2n) is 5.38. The minimum absolute atomic E-state index is 0.0545. The van der Waals surface area contributed by atoms with Gasteiger partial charge in [0, 0.05) is 20.2 Å². The van der Waals surface area contributed by atoms with Gasteiger partial charge in [-0.15, -0.1) is 0 Å². The van der Waals surface area contributed by atoms with E-state index in [1.54, 1.807) is 0 Å². The van der Waals surface area contributed by atoms with Crippen molar-refractivity contribution in [2.45, 2.75) is 4.90 Å². The van der Waals surface area contributed by atoms with E-state index >= 15 is 0 Å². The van der Waals surface area contributed by atoms with Gasteiger partial charge >= 0.3 is 0 Å². The molecule has 0 heterocycles. The van der Waals surface area contributed by atoms with E-state index in [0.717, 1.165) is 4.31 Å². The average Bonchev–Trinajstić information content (AvgIpc) is 2.61. The van der Waals surface area contributed by atoms with Crippen LogP contribution in [0.1, 0.15) is 10.4 Å². The molecule has 2 aromatic carbocycles. The zero-order chi connectivity index (χ0) is 19.5.